The molecule has 0 amide bonds. The molecule has 102 valence electrons. The minimum atomic E-state index is 0.363. The number of thioether (sulfide) groups is 1. The van der Waals surface area contributed by atoms with Crippen LogP contribution in [0.2, 0.25) is 5.02 Å². The third kappa shape index (κ3) is 3.88. The van der Waals surface area contributed by atoms with Crippen molar-refractivity contribution < 1.29 is 4.74 Å². The number of rotatable bonds is 6. The molecule has 0 saturated heterocycles. The van der Waals surface area contributed by atoms with Gasteiger partial charge in [-0.1, -0.05) is 35.5 Å². The molecule has 1 aromatic heterocycles. The van der Waals surface area contributed by atoms with Crippen molar-refractivity contribution in [3.05, 3.63) is 35.6 Å². The van der Waals surface area contributed by atoms with Crippen molar-refractivity contribution in [2.45, 2.75) is 25.0 Å². The summed E-state index contributed by atoms with van der Waals surface area (Å²) in [5, 5.41) is 9.57. The number of hydrogen-bond donors (Lipinski definition) is 0. The number of halogens is 1. The van der Waals surface area contributed by atoms with Crippen LogP contribution in [0.4, 0.5) is 0 Å². The van der Waals surface area contributed by atoms with E-state index in [1.54, 1.807) is 18.1 Å². The molecule has 2 rings (SSSR count). The first kappa shape index (κ1) is 14.2. The monoisotopic (exact) mass is 297 g/mol. The second kappa shape index (κ2) is 6.82. The molecular weight excluding hydrogens is 282 g/mol. The molecule has 0 saturated carbocycles. The topological polar surface area (TPSA) is 39.9 Å². The van der Waals surface area contributed by atoms with Gasteiger partial charge in [0.25, 0.3) is 0 Å². The quantitative estimate of drug-likeness (QED) is 0.602. The lowest BCUT2D eigenvalue weighted by atomic mass is 10.3. The molecule has 0 spiro atoms. The molecule has 0 N–H and O–H groups in total. The molecule has 4 nitrogen and oxygen atoms in total. The van der Waals surface area contributed by atoms with Gasteiger partial charge in [0.15, 0.2) is 5.16 Å². The Hall–Kier alpha value is -1.20. The molecule has 0 atom stereocenters. The fourth-order valence-corrected chi connectivity index (χ4v) is 2.59. The van der Waals surface area contributed by atoms with Gasteiger partial charge < -0.3 is 9.30 Å². The summed E-state index contributed by atoms with van der Waals surface area (Å²) in [6, 6.07) is 7.84. The van der Waals surface area contributed by atoms with Crippen molar-refractivity contribution >= 4 is 23.4 Å². The molecule has 0 aliphatic rings. The lowest BCUT2D eigenvalue weighted by Gasteiger charge is -2.10. The van der Waals surface area contributed by atoms with Gasteiger partial charge in [-0.3, -0.25) is 0 Å². The first-order valence-electron chi connectivity index (χ1n) is 6.08. The van der Waals surface area contributed by atoms with E-state index in [2.05, 4.69) is 24.0 Å². The van der Waals surface area contributed by atoms with Crippen LogP contribution in [-0.2, 0) is 0 Å². The minimum absolute atomic E-state index is 0.363. The Kier molecular flexibility index (Phi) is 5.10. The SMILES string of the molecule is CC(C)n1cnnc1SCCOc1ccccc1Cl. The van der Waals surface area contributed by atoms with Gasteiger partial charge in [-0.05, 0) is 26.0 Å². The van der Waals surface area contributed by atoms with Crippen LogP contribution in [0.25, 0.3) is 0 Å². The van der Waals surface area contributed by atoms with E-state index in [1.165, 1.54) is 0 Å². The maximum atomic E-state index is 6.01. The van der Waals surface area contributed by atoms with Crippen molar-refractivity contribution in [2.24, 2.45) is 0 Å². The van der Waals surface area contributed by atoms with Crippen molar-refractivity contribution in [3.63, 3.8) is 0 Å². The summed E-state index contributed by atoms with van der Waals surface area (Å²) >= 11 is 7.64. The van der Waals surface area contributed by atoms with Gasteiger partial charge in [-0.2, -0.15) is 0 Å². The van der Waals surface area contributed by atoms with Gasteiger partial charge in [-0.15, -0.1) is 10.2 Å². The number of aromatic nitrogens is 3. The summed E-state index contributed by atoms with van der Waals surface area (Å²) in [6.45, 7) is 4.79. The number of nitrogens with zero attached hydrogens (tertiary/aromatic N) is 3. The van der Waals surface area contributed by atoms with Crippen molar-refractivity contribution in [2.75, 3.05) is 12.4 Å². The summed E-state index contributed by atoms with van der Waals surface area (Å²) in [5.74, 6) is 1.52. The second-order valence-corrected chi connectivity index (χ2v) is 5.71. The maximum absolute atomic E-state index is 6.01. The predicted molar refractivity (Wildman–Crippen MR) is 78.1 cm³/mol. The molecule has 0 aliphatic carbocycles. The van der Waals surface area contributed by atoms with Crippen LogP contribution in [0, 0.1) is 0 Å². The predicted octanol–water partition coefficient (Wildman–Crippen LogP) is 3.68. The first-order valence-corrected chi connectivity index (χ1v) is 7.44. The number of benzene rings is 1. The van der Waals surface area contributed by atoms with Crippen molar-refractivity contribution in [3.8, 4) is 5.75 Å². The molecule has 2 aromatic rings. The van der Waals surface area contributed by atoms with Crippen molar-refractivity contribution in [1.82, 2.24) is 14.8 Å². The lowest BCUT2D eigenvalue weighted by Crippen LogP contribution is -2.04. The van der Waals surface area contributed by atoms with E-state index < -0.39 is 0 Å². The highest BCUT2D eigenvalue weighted by molar-refractivity contribution is 7.99. The maximum Gasteiger partial charge on any atom is 0.191 e. The summed E-state index contributed by atoms with van der Waals surface area (Å²) in [6.07, 6.45) is 1.75. The molecule has 0 radical (unpaired) electrons. The number of ether oxygens (including phenoxy) is 1. The van der Waals surface area contributed by atoms with E-state index >= 15 is 0 Å². The van der Waals surface area contributed by atoms with Crippen LogP contribution < -0.4 is 4.74 Å². The molecule has 1 heterocycles. The first-order chi connectivity index (χ1) is 9.18. The fraction of sp³-hybridized carbons (Fsp3) is 0.385. The van der Waals surface area contributed by atoms with E-state index in [-0.39, 0.29) is 0 Å². The highest BCUT2D eigenvalue weighted by Gasteiger charge is 2.07. The largest absolute Gasteiger partial charge is 0.491 e. The van der Waals surface area contributed by atoms with E-state index in [4.69, 9.17) is 16.3 Å². The van der Waals surface area contributed by atoms with Gasteiger partial charge in [-0.25, -0.2) is 0 Å². The van der Waals surface area contributed by atoms with Crippen molar-refractivity contribution in [1.29, 1.82) is 0 Å². The summed E-state index contributed by atoms with van der Waals surface area (Å²) in [5.41, 5.74) is 0. The van der Waals surface area contributed by atoms with Crippen LogP contribution in [0.5, 0.6) is 5.75 Å². The van der Waals surface area contributed by atoms with Gasteiger partial charge in [0, 0.05) is 11.8 Å². The Bertz CT molecular complexity index is 530. The van der Waals surface area contributed by atoms with Gasteiger partial charge in [0.1, 0.15) is 12.1 Å². The molecule has 0 aliphatic heterocycles. The van der Waals surface area contributed by atoms with Gasteiger partial charge >= 0.3 is 0 Å². The van der Waals surface area contributed by atoms with Crippen LogP contribution in [0.15, 0.2) is 35.7 Å². The zero-order valence-electron chi connectivity index (χ0n) is 10.9. The normalized spacial score (nSPS) is 10.9. The molecule has 0 bridgehead atoms. The summed E-state index contributed by atoms with van der Waals surface area (Å²) in [7, 11) is 0. The summed E-state index contributed by atoms with van der Waals surface area (Å²) < 4.78 is 7.67. The zero-order chi connectivity index (χ0) is 13.7. The molecule has 19 heavy (non-hydrogen) atoms. The van der Waals surface area contributed by atoms with Gasteiger partial charge in [0.2, 0.25) is 0 Å². The Labute approximate surface area is 122 Å². The average molecular weight is 298 g/mol. The second-order valence-electron chi connectivity index (χ2n) is 4.24. The fourth-order valence-electron chi connectivity index (χ4n) is 1.54. The van der Waals surface area contributed by atoms with E-state index in [1.807, 2.05) is 28.8 Å². The van der Waals surface area contributed by atoms with Crippen LogP contribution in [0.1, 0.15) is 19.9 Å². The Morgan fingerprint density at radius 3 is 2.89 bits per heavy atom. The number of para-hydroxylation sites is 1. The molecule has 1 aromatic carbocycles. The van der Waals surface area contributed by atoms with Crippen LogP contribution in [-0.4, -0.2) is 27.1 Å². The van der Waals surface area contributed by atoms with E-state index in [9.17, 15) is 0 Å². The Morgan fingerprint density at radius 1 is 1.37 bits per heavy atom. The van der Waals surface area contributed by atoms with Gasteiger partial charge in [0.05, 0.1) is 11.6 Å². The van der Waals surface area contributed by atoms with Crippen LogP contribution in [0.3, 0.4) is 0 Å². The third-order valence-corrected chi connectivity index (χ3v) is 3.74. The summed E-state index contributed by atoms with van der Waals surface area (Å²) in [4.78, 5) is 0. The van der Waals surface area contributed by atoms with E-state index in [0.29, 0.717) is 17.7 Å². The molecular formula is C13H16ClN3OS. The Balaban J connectivity index is 1.81. The van der Waals surface area contributed by atoms with E-state index in [0.717, 1.165) is 16.7 Å². The highest BCUT2D eigenvalue weighted by Crippen LogP contribution is 2.24. The number of hydrogen-bond acceptors (Lipinski definition) is 4. The van der Waals surface area contributed by atoms with Crippen LogP contribution >= 0.6 is 23.4 Å². The lowest BCUT2D eigenvalue weighted by molar-refractivity contribution is 0.344. The minimum Gasteiger partial charge on any atom is -0.491 e. The molecule has 6 heteroatoms. The zero-order valence-corrected chi connectivity index (χ0v) is 12.5. The smallest absolute Gasteiger partial charge is 0.191 e. The third-order valence-electron chi connectivity index (χ3n) is 2.51. The standard InChI is InChI=1S/C13H16ClN3OS/c1-10(2)17-9-15-16-13(17)19-8-7-18-12-6-4-3-5-11(12)14/h3-6,9-10H,7-8H2,1-2H3. The highest BCUT2D eigenvalue weighted by atomic mass is 35.5. The molecule has 0 unspecified atom stereocenters. The average Bonchev–Trinajstić information content (AvgIpc) is 2.85. The Morgan fingerprint density at radius 2 is 2.16 bits per heavy atom. The molecule has 0 fully saturated rings.